The number of benzene rings is 2. The Morgan fingerprint density at radius 2 is 2.00 bits per heavy atom. The van der Waals surface area contributed by atoms with Crippen molar-refractivity contribution in [3.63, 3.8) is 0 Å². The number of nitriles is 1. The SMILES string of the molecule is CC(NC(=O)/C=C/c1cccc(C#N)c1)C(O)Cc1ccccc1. The lowest BCUT2D eigenvalue weighted by atomic mass is 10.0. The summed E-state index contributed by atoms with van der Waals surface area (Å²) in [7, 11) is 0. The zero-order valence-electron chi connectivity index (χ0n) is 13.5. The predicted octanol–water partition coefficient (Wildman–Crippen LogP) is 2.68. The lowest BCUT2D eigenvalue weighted by Crippen LogP contribution is -2.41. The molecule has 2 N–H and O–H groups in total. The summed E-state index contributed by atoms with van der Waals surface area (Å²) in [4.78, 5) is 12.0. The third kappa shape index (κ3) is 5.38. The summed E-state index contributed by atoms with van der Waals surface area (Å²) in [5, 5.41) is 21.8. The predicted molar refractivity (Wildman–Crippen MR) is 93.9 cm³/mol. The Hall–Kier alpha value is -2.90. The van der Waals surface area contributed by atoms with Crippen molar-refractivity contribution in [1.29, 1.82) is 5.26 Å². The first-order valence-corrected chi connectivity index (χ1v) is 7.79. The number of amides is 1. The largest absolute Gasteiger partial charge is 0.391 e. The number of hydrogen-bond acceptors (Lipinski definition) is 3. The van der Waals surface area contributed by atoms with Gasteiger partial charge in [0.15, 0.2) is 0 Å². The summed E-state index contributed by atoms with van der Waals surface area (Å²) < 4.78 is 0. The maximum atomic E-state index is 12.0. The number of nitrogens with zero attached hydrogens (tertiary/aromatic N) is 1. The fraction of sp³-hybridized carbons (Fsp3) is 0.200. The van der Waals surface area contributed by atoms with E-state index in [1.165, 1.54) is 6.08 Å². The Morgan fingerprint density at radius 1 is 1.25 bits per heavy atom. The van der Waals surface area contributed by atoms with Gasteiger partial charge in [-0.3, -0.25) is 4.79 Å². The van der Waals surface area contributed by atoms with Gasteiger partial charge in [-0.05, 0) is 36.3 Å². The number of hydrogen-bond donors (Lipinski definition) is 2. The van der Waals surface area contributed by atoms with Crippen LogP contribution in [0.15, 0.2) is 60.7 Å². The molecule has 0 fully saturated rings. The lowest BCUT2D eigenvalue weighted by Gasteiger charge is -2.19. The molecule has 2 aromatic carbocycles. The monoisotopic (exact) mass is 320 g/mol. The van der Waals surface area contributed by atoms with Gasteiger partial charge >= 0.3 is 0 Å². The van der Waals surface area contributed by atoms with E-state index in [9.17, 15) is 9.90 Å². The van der Waals surface area contributed by atoms with Gasteiger partial charge in [-0.25, -0.2) is 0 Å². The van der Waals surface area contributed by atoms with Gasteiger partial charge < -0.3 is 10.4 Å². The molecule has 0 spiro atoms. The van der Waals surface area contributed by atoms with Crippen LogP contribution < -0.4 is 5.32 Å². The highest BCUT2D eigenvalue weighted by atomic mass is 16.3. The first-order chi connectivity index (χ1) is 11.6. The maximum absolute atomic E-state index is 12.0. The maximum Gasteiger partial charge on any atom is 0.244 e. The van der Waals surface area contributed by atoms with E-state index in [0.717, 1.165) is 11.1 Å². The van der Waals surface area contributed by atoms with Crippen molar-refractivity contribution in [1.82, 2.24) is 5.32 Å². The van der Waals surface area contributed by atoms with E-state index in [2.05, 4.69) is 11.4 Å². The zero-order chi connectivity index (χ0) is 17.4. The fourth-order valence-electron chi connectivity index (χ4n) is 2.28. The minimum atomic E-state index is -0.660. The second kappa shape index (κ2) is 8.66. The molecule has 0 aromatic heterocycles. The minimum absolute atomic E-state index is 0.281. The van der Waals surface area contributed by atoms with Crippen molar-refractivity contribution >= 4 is 12.0 Å². The first-order valence-electron chi connectivity index (χ1n) is 7.79. The summed E-state index contributed by atoms with van der Waals surface area (Å²) in [5.74, 6) is -0.281. The van der Waals surface area contributed by atoms with Crippen LogP contribution in [0.2, 0.25) is 0 Å². The molecular formula is C20H20N2O2. The Kier molecular flexibility index (Phi) is 6.30. The summed E-state index contributed by atoms with van der Waals surface area (Å²) in [5.41, 5.74) is 2.35. The number of rotatable bonds is 6. The van der Waals surface area contributed by atoms with Crippen LogP contribution in [0.25, 0.3) is 6.08 Å². The van der Waals surface area contributed by atoms with Gasteiger partial charge in [-0.15, -0.1) is 0 Å². The Balaban J connectivity index is 1.88. The van der Waals surface area contributed by atoms with Crippen LogP contribution in [0.1, 0.15) is 23.6 Å². The molecule has 2 rings (SSSR count). The molecule has 2 unspecified atom stereocenters. The van der Waals surface area contributed by atoms with Crippen LogP contribution in [0.4, 0.5) is 0 Å². The Morgan fingerprint density at radius 3 is 2.71 bits per heavy atom. The van der Waals surface area contributed by atoms with Crippen molar-refractivity contribution < 1.29 is 9.90 Å². The molecule has 24 heavy (non-hydrogen) atoms. The van der Waals surface area contributed by atoms with Gasteiger partial charge in [0.1, 0.15) is 0 Å². The highest BCUT2D eigenvalue weighted by molar-refractivity contribution is 5.91. The van der Waals surface area contributed by atoms with E-state index in [1.807, 2.05) is 36.4 Å². The van der Waals surface area contributed by atoms with Gasteiger partial charge in [-0.1, -0.05) is 42.5 Å². The van der Waals surface area contributed by atoms with Gasteiger partial charge in [0, 0.05) is 12.5 Å². The lowest BCUT2D eigenvalue weighted by molar-refractivity contribution is -0.117. The fourth-order valence-corrected chi connectivity index (χ4v) is 2.28. The van der Waals surface area contributed by atoms with Crippen molar-refractivity contribution in [3.8, 4) is 6.07 Å². The third-order valence-corrected chi connectivity index (χ3v) is 3.68. The van der Waals surface area contributed by atoms with E-state index in [-0.39, 0.29) is 11.9 Å². The quantitative estimate of drug-likeness (QED) is 0.804. The standard InChI is InChI=1S/C20H20N2O2/c1-15(19(23)13-16-6-3-2-4-7-16)22-20(24)11-10-17-8-5-9-18(12-17)14-21/h2-12,15,19,23H,13H2,1H3,(H,22,24)/b11-10+. The van der Waals surface area contributed by atoms with Gasteiger partial charge in [0.25, 0.3) is 0 Å². The molecule has 0 saturated carbocycles. The highest BCUT2D eigenvalue weighted by Crippen LogP contribution is 2.07. The summed E-state index contributed by atoms with van der Waals surface area (Å²) >= 11 is 0. The van der Waals surface area contributed by atoms with E-state index in [4.69, 9.17) is 5.26 Å². The number of aliphatic hydroxyl groups is 1. The molecule has 2 atom stereocenters. The molecule has 0 radical (unpaired) electrons. The van der Waals surface area contributed by atoms with Crippen molar-refractivity contribution in [2.45, 2.75) is 25.5 Å². The summed E-state index contributed by atoms with van der Waals surface area (Å²) in [6.45, 7) is 1.77. The minimum Gasteiger partial charge on any atom is -0.391 e. The van der Waals surface area contributed by atoms with Gasteiger partial charge in [-0.2, -0.15) is 5.26 Å². The summed E-state index contributed by atoms with van der Waals surface area (Å²) in [6.07, 6.45) is 2.87. The molecule has 1 amide bonds. The Bertz CT molecular complexity index is 748. The third-order valence-electron chi connectivity index (χ3n) is 3.68. The van der Waals surface area contributed by atoms with Gasteiger partial charge in [0.05, 0.1) is 23.8 Å². The van der Waals surface area contributed by atoms with Crippen molar-refractivity contribution in [3.05, 3.63) is 77.4 Å². The van der Waals surface area contributed by atoms with Crippen LogP contribution in [0.5, 0.6) is 0 Å². The molecule has 0 aliphatic carbocycles. The number of carbonyl (C=O) groups excluding carboxylic acids is 1. The average molecular weight is 320 g/mol. The van der Waals surface area contributed by atoms with Crippen LogP contribution >= 0.6 is 0 Å². The second-order valence-corrected chi connectivity index (χ2v) is 5.62. The molecule has 2 aromatic rings. The van der Waals surface area contributed by atoms with Crippen molar-refractivity contribution in [2.24, 2.45) is 0 Å². The van der Waals surface area contributed by atoms with E-state index < -0.39 is 6.10 Å². The molecule has 122 valence electrons. The normalized spacial score (nSPS) is 13.2. The smallest absolute Gasteiger partial charge is 0.244 e. The molecule has 0 aliphatic rings. The van der Waals surface area contributed by atoms with Crippen LogP contribution in [-0.4, -0.2) is 23.2 Å². The van der Waals surface area contributed by atoms with Gasteiger partial charge in [0.2, 0.25) is 5.91 Å². The average Bonchev–Trinajstić information content (AvgIpc) is 2.61. The van der Waals surface area contributed by atoms with E-state index in [1.54, 1.807) is 31.2 Å². The molecule has 0 heterocycles. The number of carbonyl (C=O) groups is 1. The van der Waals surface area contributed by atoms with Crippen LogP contribution in [0, 0.1) is 11.3 Å². The molecule has 0 aliphatic heterocycles. The molecule has 4 nitrogen and oxygen atoms in total. The Labute approximate surface area is 142 Å². The molecule has 0 saturated heterocycles. The number of nitrogens with one attached hydrogen (secondary N) is 1. The second-order valence-electron chi connectivity index (χ2n) is 5.62. The van der Waals surface area contributed by atoms with Crippen molar-refractivity contribution in [2.75, 3.05) is 0 Å². The summed E-state index contributed by atoms with van der Waals surface area (Å²) in [6, 6.07) is 18.3. The molecule has 4 heteroatoms. The number of aliphatic hydroxyl groups excluding tert-OH is 1. The molecular weight excluding hydrogens is 300 g/mol. The van der Waals surface area contributed by atoms with Crippen LogP contribution in [-0.2, 0) is 11.2 Å². The van der Waals surface area contributed by atoms with E-state index in [0.29, 0.717) is 12.0 Å². The topological polar surface area (TPSA) is 73.1 Å². The van der Waals surface area contributed by atoms with E-state index >= 15 is 0 Å². The zero-order valence-corrected chi connectivity index (χ0v) is 13.5. The highest BCUT2D eigenvalue weighted by Gasteiger charge is 2.15. The molecule has 0 bridgehead atoms. The first kappa shape index (κ1) is 17.5. The van der Waals surface area contributed by atoms with Crippen LogP contribution in [0.3, 0.4) is 0 Å².